The molecule has 1 N–H and O–H groups in total. The van der Waals surface area contributed by atoms with Gasteiger partial charge in [-0.2, -0.15) is 5.10 Å². The van der Waals surface area contributed by atoms with Crippen molar-refractivity contribution in [2.45, 2.75) is 6.54 Å². The van der Waals surface area contributed by atoms with E-state index >= 15 is 0 Å². The molecule has 5 rings (SSSR count). The number of amides is 1. The van der Waals surface area contributed by atoms with E-state index in [1.807, 2.05) is 72.4 Å². The molecule has 30 heavy (non-hydrogen) atoms. The minimum Gasteiger partial charge on any atom is -0.343 e. The van der Waals surface area contributed by atoms with Gasteiger partial charge in [-0.15, -0.1) is 11.3 Å². The van der Waals surface area contributed by atoms with Gasteiger partial charge in [0.25, 0.3) is 5.91 Å². The minimum absolute atomic E-state index is 0.222. The first kappa shape index (κ1) is 18.3. The second-order valence-corrected chi connectivity index (χ2v) is 7.66. The highest BCUT2D eigenvalue weighted by Crippen LogP contribution is 2.24. The molecule has 0 fully saturated rings. The van der Waals surface area contributed by atoms with E-state index in [1.54, 1.807) is 16.3 Å². The monoisotopic (exact) mass is 414 g/mol. The van der Waals surface area contributed by atoms with E-state index in [1.165, 1.54) is 11.3 Å². The van der Waals surface area contributed by atoms with Crippen LogP contribution in [0.15, 0.2) is 72.4 Å². The van der Waals surface area contributed by atoms with Gasteiger partial charge in [-0.3, -0.25) is 4.79 Å². The summed E-state index contributed by atoms with van der Waals surface area (Å²) in [5, 5.41) is 9.83. The van der Waals surface area contributed by atoms with Crippen molar-refractivity contribution in [2.75, 3.05) is 0 Å². The summed E-state index contributed by atoms with van der Waals surface area (Å²) in [4.78, 5) is 21.7. The van der Waals surface area contributed by atoms with Crippen LogP contribution in [0, 0.1) is 0 Å². The van der Waals surface area contributed by atoms with Crippen molar-refractivity contribution >= 4 is 28.3 Å². The molecule has 0 aliphatic rings. The second kappa shape index (κ2) is 7.57. The number of aromatic nitrogens is 5. The van der Waals surface area contributed by atoms with Crippen LogP contribution in [0.2, 0.25) is 0 Å². The fourth-order valence-electron chi connectivity index (χ4n) is 3.27. The van der Waals surface area contributed by atoms with Crippen LogP contribution in [0.4, 0.5) is 0 Å². The largest absolute Gasteiger partial charge is 0.343 e. The van der Waals surface area contributed by atoms with Gasteiger partial charge in [0.05, 0.1) is 29.5 Å². The summed E-state index contributed by atoms with van der Waals surface area (Å²) >= 11 is 1.42. The third-order valence-electron chi connectivity index (χ3n) is 4.87. The third kappa shape index (κ3) is 3.37. The standard InChI is InChI=1S/C22H18N6OS/c1-27-19-10-6-5-9-17(19)25-20(27)12-23-21(29)18-14-30-22(26-18)15-11-24-28(13-15)16-7-3-2-4-8-16/h2-11,13-14H,12H2,1H3,(H,23,29). The molecule has 2 aromatic carbocycles. The zero-order valence-electron chi connectivity index (χ0n) is 16.2. The highest BCUT2D eigenvalue weighted by atomic mass is 32.1. The van der Waals surface area contributed by atoms with Crippen molar-refractivity contribution in [1.82, 2.24) is 29.6 Å². The van der Waals surface area contributed by atoms with Gasteiger partial charge >= 0.3 is 0 Å². The van der Waals surface area contributed by atoms with Gasteiger partial charge in [0.2, 0.25) is 0 Å². The highest BCUT2D eigenvalue weighted by Gasteiger charge is 2.15. The van der Waals surface area contributed by atoms with Crippen molar-refractivity contribution < 1.29 is 4.79 Å². The maximum atomic E-state index is 12.6. The summed E-state index contributed by atoms with van der Waals surface area (Å²) in [6.45, 7) is 0.336. The Morgan fingerprint density at radius 3 is 2.70 bits per heavy atom. The maximum absolute atomic E-state index is 12.6. The Balaban J connectivity index is 1.30. The molecule has 0 saturated carbocycles. The molecule has 5 aromatic rings. The molecule has 3 aromatic heterocycles. The van der Waals surface area contributed by atoms with Gasteiger partial charge in [0.1, 0.15) is 16.5 Å². The van der Waals surface area contributed by atoms with E-state index in [9.17, 15) is 4.79 Å². The third-order valence-corrected chi connectivity index (χ3v) is 5.77. The van der Waals surface area contributed by atoms with Gasteiger partial charge in [-0.1, -0.05) is 30.3 Å². The van der Waals surface area contributed by atoms with Gasteiger partial charge in [0.15, 0.2) is 0 Å². The molecule has 0 spiro atoms. The number of para-hydroxylation sites is 3. The number of thiazole rings is 1. The lowest BCUT2D eigenvalue weighted by Crippen LogP contribution is -2.24. The molecular weight excluding hydrogens is 396 g/mol. The Hall–Kier alpha value is -3.78. The smallest absolute Gasteiger partial charge is 0.271 e. The number of carbonyl (C=O) groups is 1. The summed E-state index contributed by atoms with van der Waals surface area (Å²) < 4.78 is 3.78. The number of hydrogen-bond acceptors (Lipinski definition) is 5. The first-order valence-corrected chi connectivity index (χ1v) is 10.3. The zero-order valence-corrected chi connectivity index (χ0v) is 17.0. The van der Waals surface area contributed by atoms with Gasteiger partial charge in [-0.25, -0.2) is 14.6 Å². The maximum Gasteiger partial charge on any atom is 0.271 e. The number of nitrogens with one attached hydrogen (secondary N) is 1. The molecule has 0 unspecified atom stereocenters. The molecule has 0 bridgehead atoms. The number of imidazole rings is 1. The van der Waals surface area contributed by atoms with Crippen LogP contribution in [-0.2, 0) is 13.6 Å². The van der Waals surface area contributed by atoms with Crippen molar-refractivity contribution in [3.8, 4) is 16.3 Å². The first-order valence-electron chi connectivity index (χ1n) is 9.43. The highest BCUT2D eigenvalue weighted by molar-refractivity contribution is 7.13. The van der Waals surface area contributed by atoms with Crippen molar-refractivity contribution in [2.24, 2.45) is 7.05 Å². The van der Waals surface area contributed by atoms with Crippen LogP contribution in [0.1, 0.15) is 16.3 Å². The quantitative estimate of drug-likeness (QED) is 0.474. The topological polar surface area (TPSA) is 77.6 Å². The average Bonchev–Trinajstić information content (AvgIpc) is 3.52. The van der Waals surface area contributed by atoms with Crippen LogP contribution in [0.25, 0.3) is 27.3 Å². The Labute approximate surface area is 176 Å². The number of hydrogen-bond donors (Lipinski definition) is 1. The molecule has 7 nitrogen and oxygen atoms in total. The molecule has 0 atom stereocenters. The first-order chi connectivity index (χ1) is 14.7. The Bertz CT molecular complexity index is 1330. The number of aryl methyl sites for hydroxylation is 1. The summed E-state index contributed by atoms with van der Waals surface area (Å²) in [7, 11) is 1.95. The Morgan fingerprint density at radius 1 is 1.07 bits per heavy atom. The lowest BCUT2D eigenvalue weighted by molar-refractivity contribution is 0.0945. The molecule has 1 amide bonds. The molecule has 8 heteroatoms. The normalized spacial score (nSPS) is 11.1. The van der Waals surface area contributed by atoms with E-state index in [-0.39, 0.29) is 5.91 Å². The molecule has 3 heterocycles. The number of nitrogens with zero attached hydrogens (tertiary/aromatic N) is 5. The molecule has 0 aliphatic carbocycles. The van der Waals surface area contributed by atoms with Crippen LogP contribution in [-0.4, -0.2) is 30.2 Å². The molecule has 0 radical (unpaired) electrons. The summed E-state index contributed by atoms with van der Waals surface area (Å²) in [5.74, 6) is 0.573. The van der Waals surface area contributed by atoms with Crippen LogP contribution >= 0.6 is 11.3 Å². The van der Waals surface area contributed by atoms with Gasteiger partial charge in [0, 0.05) is 24.2 Å². The van der Waals surface area contributed by atoms with Crippen LogP contribution < -0.4 is 5.32 Å². The van der Waals surface area contributed by atoms with E-state index in [4.69, 9.17) is 0 Å². The van der Waals surface area contributed by atoms with Gasteiger partial charge < -0.3 is 9.88 Å². The van der Waals surface area contributed by atoms with E-state index in [0.29, 0.717) is 12.2 Å². The fraction of sp³-hybridized carbons (Fsp3) is 0.0909. The van der Waals surface area contributed by atoms with Crippen LogP contribution in [0.3, 0.4) is 0 Å². The van der Waals surface area contributed by atoms with Crippen molar-refractivity contribution in [3.63, 3.8) is 0 Å². The fourth-order valence-corrected chi connectivity index (χ4v) is 4.04. The molecular formula is C22H18N6OS. The lowest BCUT2D eigenvalue weighted by Gasteiger charge is -2.04. The predicted molar refractivity (Wildman–Crippen MR) is 117 cm³/mol. The summed E-state index contributed by atoms with van der Waals surface area (Å²) in [6.07, 6.45) is 3.67. The SMILES string of the molecule is Cn1c(CNC(=O)c2csc(-c3cnn(-c4ccccc4)c3)n2)nc2ccccc21. The molecule has 0 saturated heterocycles. The van der Waals surface area contributed by atoms with Crippen molar-refractivity contribution in [1.29, 1.82) is 0 Å². The van der Waals surface area contributed by atoms with E-state index in [2.05, 4.69) is 20.4 Å². The van der Waals surface area contributed by atoms with Gasteiger partial charge in [-0.05, 0) is 24.3 Å². The number of benzene rings is 2. The summed E-state index contributed by atoms with van der Waals surface area (Å²) in [5.41, 5.74) is 4.18. The number of fused-ring (bicyclic) bond motifs is 1. The van der Waals surface area contributed by atoms with E-state index < -0.39 is 0 Å². The summed E-state index contributed by atoms with van der Waals surface area (Å²) in [6, 6.07) is 17.8. The lowest BCUT2D eigenvalue weighted by atomic mass is 10.3. The van der Waals surface area contributed by atoms with Crippen LogP contribution in [0.5, 0.6) is 0 Å². The molecule has 148 valence electrons. The second-order valence-electron chi connectivity index (χ2n) is 6.81. The Kier molecular flexibility index (Phi) is 4.61. The van der Waals surface area contributed by atoms with E-state index in [0.717, 1.165) is 33.1 Å². The average molecular weight is 414 g/mol. The number of carbonyl (C=O) groups excluding carboxylic acids is 1. The predicted octanol–water partition coefficient (Wildman–Crippen LogP) is 3.81. The molecule has 0 aliphatic heterocycles. The Morgan fingerprint density at radius 2 is 1.87 bits per heavy atom. The minimum atomic E-state index is -0.222. The van der Waals surface area contributed by atoms with Crippen molar-refractivity contribution in [3.05, 3.63) is 83.9 Å². The zero-order chi connectivity index (χ0) is 20.5. The number of rotatable bonds is 5.